The van der Waals surface area contributed by atoms with Crippen LogP contribution >= 0.6 is 0 Å². The molecule has 0 heterocycles. The normalized spacial score (nSPS) is 24.1. The first kappa shape index (κ1) is 15.6. The molecule has 0 nitrogen and oxygen atoms in total. The van der Waals surface area contributed by atoms with Crippen LogP contribution in [0.4, 0.5) is 13.2 Å². The van der Waals surface area contributed by atoms with Crippen molar-refractivity contribution < 1.29 is 13.2 Å². The van der Waals surface area contributed by atoms with Gasteiger partial charge in [0.1, 0.15) is 5.83 Å². The predicted octanol–water partition coefficient (Wildman–Crippen LogP) is 6.06. The molecule has 2 unspecified atom stereocenters. The van der Waals surface area contributed by atoms with Crippen molar-refractivity contribution in [1.82, 2.24) is 0 Å². The van der Waals surface area contributed by atoms with Crippen LogP contribution in [-0.4, -0.2) is 11.8 Å². The van der Waals surface area contributed by atoms with Gasteiger partial charge in [0.15, 0.2) is 11.8 Å². The largest absolute Gasteiger partial charge is 0.239 e. The molecular weight excluding hydrogens is 297 g/mol. The Labute approximate surface area is 134 Å². The van der Waals surface area contributed by atoms with Gasteiger partial charge in [0.25, 0.3) is 0 Å². The van der Waals surface area contributed by atoms with Crippen LogP contribution in [0.3, 0.4) is 0 Å². The van der Waals surface area contributed by atoms with Gasteiger partial charge < -0.3 is 0 Å². The molecule has 0 radical (unpaired) electrons. The van der Waals surface area contributed by atoms with Gasteiger partial charge in [0, 0.05) is 0 Å². The fourth-order valence-electron chi connectivity index (χ4n) is 2.86. The zero-order chi connectivity index (χ0) is 16.4. The van der Waals surface area contributed by atoms with Crippen molar-refractivity contribution in [2.45, 2.75) is 25.2 Å². The molecule has 3 heteroatoms. The summed E-state index contributed by atoms with van der Waals surface area (Å²) < 4.78 is 42.7. The number of rotatable bonds is 3. The van der Waals surface area contributed by atoms with E-state index in [0.717, 1.165) is 17.2 Å². The number of alkyl halides is 2. The lowest BCUT2D eigenvalue weighted by Gasteiger charge is -2.28. The standard InChI is InChI=1S/C20H17F3/c1-2-20(23)18(21)12-15(13-19(20)22)17-11-7-6-10-16(17)14-8-4-3-5-9-14/h3-13,18H,2H2,1H3. The van der Waals surface area contributed by atoms with Crippen LogP contribution in [0.1, 0.15) is 18.9 Å². The topological polar surface area (TPSA) is 0 Å². The Balaban J connectivity index is 2.10. The molecule has 0 amide bonds. The molecular formula is C20H17F3. The highest BCUT2D eigenvalue weighted by Gasteiger charge is 2.44. The maximum absolute atomic E-state index is 14.3. The highest BCUT2D eigenvalue weighted by atomic mass is 19.2. The van der Waals surface area contributed by atoms with Crippen molar-refractivity contribution in [3.8, 4) is 11.1 Å². The predicted molar refractivity (Wildman–Crippen MR) is 88.1 cm³/mol. The first-order valence-corrected chi connectivity index (χ1v) is 7.63. The molecule has 2 aromatic carbocycles. The quantitative estimate of drug-likeness (QED) is 0.646. The summed E-state index contributed by atoms with van der Waals surface area (Å²) in [6.07, 6.45) is 0.0624. The summed E-state index contributed by atoms with van der Waals surface area (Å²) in [5, 5.41) is 0. The summed E-state index contributed by atoms with van der Waals surface area (Å²) in [5.41, 5.74) is 0.315. The van der Waals surface area contributed by atoms with Crippen molar-refractivity contribution in [2.75, 3.05) is 0 Å². The van der Waals surface area contributed by atoms with Crippen LogP contribution in [0.25, 0.3) is 16.7 Å². The summed E-state index contributed by atoms with van der Waals surface area (Å²) in [6.45, 7) is 1.44. The third-order valence-corrected chi connectivity index (χ3v) is 4.28. The second-order valence-electron chi connectivity index (χ2n) is 5.64. The molecule has 0 aromatic heterocycles. The lowest BCUT2D eigenvalue weighted by atomic mass is 9.84. The summed E-state index contributed by atoms with van der Waals surface area (Å²) in [6, 6.07) is 16.9. The average Bonchev–Trinajstić information content (AvgIpc) is 2.60. The third kappa shape index (κ3) is 2.72. The van der Waals surface area contributed by atoms with Gasteiger partial charge in [0.2, 0.25) is 0 Å². The molecule has 0 bridgehead atoms. The minimum Gasteiger partial charge on any atom is -0.239 e. The molecule has 0 N–H and O–H groups in total. The summed E-state index contributed by atoms with van der Waals surface area (Å²) in [5.74, 6) is -1.05. The van der Waals surface area contributed by atoms with Gasteiger partial charge >= 0.3 is 0 Å². The van der Waals surface area contributed by atoms with Crippen LogP contribution in [-0.2, 0) is 0 Å². The fourth-order valence-corrected chi connectivity index (χ4v) is 2.86. The van der Waals surface area contributed by atoms with E-state index in [-0.39, 0.29) is 6.42 Å². The Morgan fingerprint density at radius 1 is 0.957 bits per heavy atom. The van der Waals surface area contributed by atoms with E-state index in [2.05, 4.69) is 0 Å². The van der Waals surface area contributed by atoms with Crippen molar-refractivity contribution in [2.24, 2.45) is 0 Å². The minimum absolute atomic E-state index is 0.236. The molecule has 118 valence electrons. The van der Waals surface area contributed by atoms with E-state index < -0.39 is 17.7 Å². The van der Waals surface area contributed by atoms with E-state index in [4.69, 9.17) is 0 Å². The average molecular weight is 314 g/mol. The van der Waals surface area contributed by atoms with Gasteiger partial charge in [-0.3, -0.25) is 0 Å². The van der Waals surface area contributed by atoms with Gasteiger partial charge in [-0.25, -0.2) is 13.2 Å². The van der Waals surface area contributed by atoms with Gasteiger partial charge in [-0.1, -0.05) is 61.5 Å². The van der Waals surface area contributed by atoms with Crippen molar-refractivity contribution in [3.63, 3.8) is 0 Å². The Hall–Kier alpha value is -2.29. The fraction of sp³-hybridized carbons (Fsp3) is 0.200. The summed E-state index contributed by atoms with van der Waals surface area (Å²) in [7, 11) is 0. The molecule has 0 saturated heterocycles. The molecule has 0 saturated carbocycles. The molecule has 23 heavy (non-hydrogen) atoms. The first-order chi connectivity index (χ1) is 11.1. The SMILES string of the molecule is CCC1(F)C(F)=CC(c2ccccc2-c2ccccc2)=CC1F. The van der Waals surface area contributed by atoms with E-state index in [1.807, 2.05) is 42.5 Å². The van der Waals surface area contributed by atoms with E-state index in [0.29, 0.717) is 11.1 Å². The van der Waals surface area contributed by atoms with Crippen molar-refractivity contribution in [3.05, 3.63) is 78.1 Å². The van der Waals surface area contributed by atoms with Gasteiger partial charge in [-0.15, -0.1) is 0 Å². The second-order valence-corrected chi connectivity index (χ2v) is 5.64. The monoisotopic (exact) mass is 314 g/mol. The second kappa shape index (κ2) is 6.07. The lowest BCUT2D eigenvalue weighted by molar-refractivity contribution is 0.0840. The van der Waals surface area contributed by atoms with E-state index in [9.17, 15) is 13.2 Å². The van der Waals surface area contributed by atoms with Crippen molar-refractivity contribution >= 4 is 5.57 Å². The van der Waals surface area contributed by atoms with Gasteiger partial charge in [-0.2, -0.15) is 0 Å². The van der Waals surface area contributed by atoms with Crippen LogP contribution in [0, 0.1) is 0 Å². The number of benzene rings is 2. The van der Waals surface area contributed by atoms with E-state index >= 15 is 0 Å². The maximum Gasteiger partial charge on any atom is 0.196 e. The zero-order valence-corrected chi connectivity index (χ0v) is 12.8. The molecule has 0 spiro atoms. The number of allylic oxidation sites excluding steroid dienone is 4. The summed E-state index contributed by atoms with van der Waals surface area (Å²) >= 11 is 0. The Kier molecular flexibility index (Phi) is 4.12. The Bertz CT molecular complexity index is 761. The molecule has 2 aromatic rings. The van der Waals surface area contributed by atoms with E-state index in [1.54, 1.807) is 12.1 Å². The number of hydrogen-bond donors (Lipinski definition) is 0. The van der Waals surface area contributed by atoms with Crippen molar-refractivity contribution in [1.29, 1.82) is 0 Å². The highest BCUT2D eigenvalue weighted by molar-refractivity contribution is 5.86. The minimum atomic E-state index is -2.55. The van der Waals surface area contributed by atoms with Crippen LogP contribution in [0.5, 0.6) is 0 Å². The maximum atomic E-state index is 14.3. The molecule has 1 aliphatic carbocycles. The third-order valence-electron chi connectivity index (χ3n) is 4.28. The summed E-state index contributed by atoms with van der Waals surface area (Å²) in [4.78, 5) is 0. The van der Waals surface area contributed by atoms with Crippen LogP contribution in [0.15, 0.2) is 72.6 Å². The molecule has 1 aliphatic rings. The molecule has 2 atom stereocenters. The lowest BCUT2D eigenvalue weighted by Crippen LogP contribution is -2.36. The Morgan fingerprint density at radius 2 is 1.57 bits per heavy atom. The van der Waals surface area contributed by atoms with Gasteiger partial charge in [-0.05, 0) is 40.8 Å². The number of hydrogen-bond acceptors (Lipinski definition) is 0. The number of halogens is 3. The first-order valence-electron chi connectivity index (χ1n) is 7.63. The zero-order valence-electron chi connectivity index (χ0n) is 12.8. The van der Waals surface area contributed by atoms with Crippen LogP contribution < -0.4 is 0 Å². The molecule has 3 rings (SSSR count). The van der Waals surface area contributed by atoms with Crippen LogP contribution in [0.2, 0.25) is 0 Å². The Morgan fingerprint density at radius 3 is 2.17 bits per heavy atom. The van der Waals surface area contributed by atoms with Gasteiger partial charge in [0.05, 0.1) is 0 Å². The molecule has 0 aliphatic heterocycles. The smallest absolute Gasteiger partial charge is 0.196 e. The van der Waals surface area contributed by atoms with E-state index in [1.165, 1.54) is 13.0 Å². The highest BCUT2D eigenvalue weighted by Crippen LogP contribution is 2.41. The molecule has 0 fully saturated rings.